The van der Waals surface area contributed by atoms with Gasteiger partial charge in [0, 0.05) is 17.0 Å². The van der Waals surface area contributed by atoms with Gasteiger partial charge in [0.2, 0.25) is 11.8 Å². The van der Waals surface area contributed by atoms with Crippen LogP contribution in [0.4, 0.5) is 5.69 Å². The highest BCUT2D eigenvalue weighted by molar-refractivity contribution is 7.10. The fraction of sp³-hybridized carbons (Fsp3) is 0.294. The molecule has 1 aromatic carbocycles. The van der Waals surface area contributed by atoms with Crippen molar-refractivity contribution in [3.63, 3.8) is 0 Å². The third kappa shape index (κ3) is 3.00. The van der Waals surface area contributed by atoms with Crippen LogP contribution in [-0.4, -0.2) is 18.9 Å². The molecule has 0 bridgehead atoms. The van der Waals surface area contributed by atoms with Crippen molar-refractivity contribution in [2.75, 3.05) is 12.0 Å². The lowest BCUT2D eigenvalue weighted by Gasteiger charge is -2.27. The Bertz CT molecular complexity index is 697. The molecule has 1 aliphatic rings. The molecule has 0 aliphatic carbocycles. The van der Waals surface area contributed by atoms with E-state index in [0.29, 0.717) is 0 Å². The largest absolute Gasteiger partial charge is 0.303 e. The number of nitrogens with one attached hydrogen (secondary N) is 1. The SMILES string of the molecule is CONC(=O)[C@H]1CC(=O)N(c2ccc(C)cc2)[C@H]1c1cccs1. The van der Waals surface area contributed by atoms with E-state index in [0.717, 1.165) is 16.1 Å². The number of hydroxylamine groups is 1. The quantitative estimate of drug-likeness (QED) is 0.877. The minimum absolute atomic E-state index is 0.0523. The number of amides is 2. The zero-order valence-electron chi connectivity index (χ0n) is 13.0. The fourth-order valence-electron chi connectivity index (χ4n) is 2.94. The Balaban J connectivity index is 2.01. The first-order valence-corrected chi connectivity index (χ1v) is 8.24. The summed E-state index contributed by atoms with van der Waals surface area (Å²) >= 11 is 1.55. The second kappa shape index (κ2) is 6.52. The van der Waals surface area contributed by atoms with Crippen LogP contribution in [0, 0.1) is 12.8 Å². The fourth-order valence-corrected chi connectivity index (χ4v) is 3.82. The van der Waals surface area contributed by atoms with E-state index in [9.17, 15) is 9.59 Å². The molecule has 1 N–H and O–H groups in total. The molecule has 5 nitrogen and oxygen atoms in total. The second-order valence-corrected chi connectivity index (χ2v) is 6.52. The van der Waals surface area contributed by atoms with Crippen molar-refractivity contribution in [2.45, 2.75) is 19.4 Å². The van der Waals surface area contributed by atoms with Gasteiger partial charge in [-0.1, -0.05) is 23.8 Å². The molecule has 2 amide bonds. The van der Waals surface area contributed by atoms with Gasteiger partial charge in [-0.05, 0) is 30.5 Å². The highest BCUT2D eigenvalue weighted by atomic mass is 32.1. The average molecular weight is 330 g/mol. The van der Waals surface area contributed by atoms with Gasteiger partial charge >= 0.3 is 0 Å². The Kier molecular flexibility index (Phi) is 4.45. The van der Waals surface area contributed by atoms with Crippen LogP contribution in [-0.2, 0) is 14.4 Å². The summed E-state index contributed by atoms with van der Waals surface area (Å²) in [6.45, 7) is 2.00. The van der Waals surface area contributed by atoms with Crippen LogP contribution in [0.3, 0.4) is 0 Å². The van der Waals surface area contributed by atoms with Crippen LogP contribution in [0.1, 0.15) is 22.9 Å². The van der Waals surface area contributed by atoms with Crippen LogP contribution in [0.5, 0.6) is 0 Å². The van der Waals surface area contributed by atoms with E-state index in [1.807, 2.05) is 48.7 Å². The van der Waals surface area contributed by atoms with E-state index in [2.05, 4.69) is 5.48 Å². The van der Waals surface area contributed by atoms with Gasteiger partial charge in [-0.2, -0.15) is 0 Å². The van der Waals surface area contributed by atoms with Gasteiger partial charge in [0.25, 0.3) is 0 Å². The summed E-state index contributed by atoms with van der Waals surface area (Å²) in [4.78, 5) is 32.4. The van der Waals surface area contributed by atoms with Crippen LogP contribution < -0.4 is 10.4 Å². The molecule has 0 spiro atoms. The van der Waals surface area contributed by atoms with Crippen molar-refractivity contribution in [2.24, 2.45) is 5.92 Å². The zero-order chi connectivity index (χ0) is 16.4. The Morgan fingerprint density at radius 1 is 1.30 bits per heavy atom. The van der Waals surface area contributed by atoms with Gasteiger partial charge < -0.3 is 4.90 Å². The van der Waals surface area contributed by atoms with E-state index in [1.54, 1.807) is 16.2 Å². The van der Waals surface area contributed by atoms with Crippen molar-refractivity contribution >= 4 is 28.8 Å². The van der Waals surface area contributed by atoms with Gasteiger partial charge in [0.15, 0.2) is 0 Å². The smallest absolute Gasteiger partial charge is 0.249 e. The summed E-state index contributed by atoms with van der Waals surface area (Å²) in [6, 6.07) is 11.4. The van der Waals surface area contributed by atoms with Crippen LogP contribution in [0.2, 0.25) is 0 Å². The predicted octanol–water partition coefficient (Wildman–Crippen LogP) is 2.83. The lowest BCUT2D eigenvalue weighted by Crippen LogP contribution is -2.34. The number of aryl methyl sites for hydroxylation is 1. The maximum Gasteiger partial charge on any atom is 0.249 e. The van der Waals surface area contributed by atoms with Gasteiger partial charge in [0.05, 0.1) is 19.1 Å². The maximum absolute atomic E-state index is 12.6. The molecule has 2 atom stereocenters. The number of hydrogen-bond donors (Lipinski definition) is 1. The highest BCUT2D eigenvalue weighted by Crippen LogP contribution is 2.42. The molecule has 1 aliphatic heterocycles. The summed E-state index contributed by atoms with van der Waals surface area (Å²) in [6.07, 6.45) is 0.172. The Morgan fingerprint density at radius 2 is 2.04 bits per heavy atom. The summed E-state index contributed by atoms with van der Waals surface area (Å²) < 4.78 is 0. The molecule has 3 rings (SSSR count). The number of rotatable bonds is 4. The molecule has 1 aromatic heterocycles. The van der Waals surface area contributed by atoms with Crippen molar-refractivity contribution < 1.29 is 14.4 Å². The standard InChI is InChI=1S/C17H18N2O3S/c1-11-5-7-12(8-6-11)19-15(20)10-13(17(21)18-22-2)16(19)14-4-3-9-23-14/h3-9,13,16H,10H2,1-2H3,(H,18,21)/t13-,16+/m0/s1. The number of carbonyl (C=O) groups excluding carboxylic acids is 2. The number of thiophene rings is 1. The molecule has 2 heterocycles. The maximum atomic E-state index is 12.6. The normalized spacial score (nSPS) is 20.8. The molecule has 2 aromatic rings. The van der Waals surface area contributed by atoms with E-state index < -0.39 is 5.92 Å². The number of benzene rings is 1. The average Bonchev–Trinajstić information content (AvgIpc) is 3.16. The summed E-state index contributed by atoms with van der Waals surface area (Å²) in [5.41, 5.74) is 4.31. The molecule has 120 valence electrons. The van der Waals surface area contributed by atoms with E-state index in [-0.39, 0.29) is 24.3 Å². The summed E-state index contributed by atoms with van der Waals surface area (Å²) in [5, 5.41) is 1.96. The van der Waals surface area contributed by atoms with Gasteiger partial charge in [-0.3, -0.25) is 14.4 Å². The molecule has 1 fully saturated rings. The lowest BCUT2D eigenvalue weighted by atomic mass is 9.98. The number of anilines is 1. The van der Waals surface area contributed by atoms with Gasteiger partial charge in [-0.25, -0.2) is 5.48 Å². The van der Waals surface area contributed by atoms with Crippen molar-refractivity contribution in [3.05, 3.63) is 52.2 Å². The Labute approximate surface area is 138 Å². The lowest BCUT2D eigenvalue weighted by molar-refractivity contribution is -0.136. The highest BCUT2D eigenvalue weighted by Gasteiger charge is 2.45. The number of carbonyl (C=O) groups is 2. The minimum Gasteiger partial charge on any atom is -0.303 e. The molecule has 1 saturated heterocycles. The molecule has 0 radical (unpaired) electrons. The molecule has 0 saturated carbocycles. The van der Waals surface area contributed by atoms with Crippen LogP contribution >= 0.6 is 11.3 Å². The van der Waals surface area contributed by atoms with Crippen LogP contribution in [0.15, 0.2) is 41.8 Å². The topological polar surface area (TPSA) is 58.6 Å². The van der Waals surface area contributed by atoms with Crippen molar-refractivity contribution in [3.8, 4) is 0 Å². The minimum atomic E-state index is -0.470. The summed E-state index contributed by atoms with van der Waals surface area (Å²) in [7, 11) is 1.40. The van der Waals surface area contributed by atoms with E-state index in [1.165, 1.54) is 7.11 Å². The summed E-state index contributed by atoms with van der Waals surface area (Å²) in [5.74, 6) is -0.792. The molecule has 6 heteroatoms. The molecular formula is C17H18N2O3S. The monoisotopic (exact) mass is 330 g/mol. The van der Waals surface area contributed by atoms with E-state index in [4.69, 9.17) is 4.84 Å². The second-order valence-electron chi connectivity index (χ2n) is 5.54. The first kappa shape index (κ1) is 15.7. The first-order valence-electron chi connectivity index (χ1n) is 7.37. The molecule has 23 heavy (non-hydrogen) atoms. The number of nitrogens with zero attached hydrogens (tertiary/aromatic N) is 1. The van der Waals surface area contributed by atoms with E-state index >= 15 is 0 Å². The molecule has 0 unspecified atom stereocenters. The van der Waals surface area contributed by atoms with Gasteiger partial charge in [-0.15, -0.1) is 11.3 Å². The Hall–Kier alpha value is -2.18. The van der Waals surface area contributed by atoms with Crippen molar-refractivity contribution in [1.82, 2.24) is 5.48 Å². The first-order chi connectivity index (χ1) is 11.1. The van der Waals surface area contributed by atoms with Crippen LogP contribution in [0.25, 0.3) is 0 Å². The zero-order valence-corrected chi connectivity index (χ0v) is 13.8. The Morgan fingerprint density at radius 3 is 2.65 bits per heavy atom. The number of hydrogen-bond acceptors (Lipinski definition) is 4. The third-order valence-electron chi connectivity index (χ3n) is 4.01. The third-order valence-corrected chi connectivity index (χ3v) is 4.95. The predicted molar refractivity (Wildman–Crippen MR) is 89.0 cm³/mol. The molecular weight excluding hydrogens is 312 g/mol. The van der Waals surface area contributed by atoms with Crippen molar-refractivity contribution in [1.29, 1.82) is 0 Å². The van der Waals surface area contributed by atoms with Gasteiger partial charge in [0.1, 0.15) is 0 Å².